The lowest BCUT2D eigenvalue weighted by Crippen LogP contribution is -2.32. The number of aromatic amines is 1. The van der Waals surface area contributed by atoms with Crippen molar-refractivity contribution in [2.45, 2.75) is 25.3 Å². The van der Waals surface area contributed by atoms with Gasteiger partial charge >= 0.3 is 0 Å². The summed E-state index contributed by atoms with van der Waals surface area (Å²) in [5.74, 6) is 0.651. The molecule has 2 nitrogen and oxygen atoms in total. The van der Waals surface area contributed by atoms with Crippen molar-refractivity contribution < 1.29 is 0 Å². The summed E-state index contributed by atoms with van der Waals surface area (Å²) in [6.07, 6.45) is 2.43. The Bertz CT molecular complexity index is 1110. The van der Waals surface area contributed by atoms with Crippen LogP contribution in [0.1, 0.15) is 29.9 Å². The SMILES string of the molecule is Brc1ccccc1C1CCN(Cc2c(-c3ccccc3)[nH]c3ccccc23)CC1. The number of H-pyrrole nitrogens is 1. The van der Waals surface area contributed by atoms with E-state index in [1.165, 1.54) is 50.6 Å². The molecule has 0 atom stereocenters. The third-order valence-corrected chi connectivity index (χ3v) is 6.91. The molecule has 29 heavy (non-hydrogen) atoms. The van der Waals surface area contributed by atoms with Crippen LogP contribution in [0.15, 0.2) is 83.3 Å². The van der Waals surface area contributed by atoms with E-state index in [0.717, 1.165) is 19.6 Å². The summed E-state index contributed by atoms with van der Waals surface area (Å²) in [6, 6.07) is 28.1. The summed E-state index contributed by atoms with van der Waals surface area (Å²) >= 11 is 3.74. The maximum absolute atomic E-state index is 3.74. The summed E-state index contributed by atoms with van der Waals surface area (Å²) < 4.78 is 1.25. The van der Waals surface area contributed by atoms with E-state index in [9.17, 15) is 0 Å². The zero-order chi connectivity index (χ0) is 19.6. The largest absolute Gasteiger partial charge is 0.354 e. The van der Waals surface area contributed by atoms with Gasteiger partial charge in [0.25, 0.3) is 0 Å². The maximum Gasteiger partial charge on any atom is 0.0510 e. The molecule has 2 heterocycles. The van der Waals surface area contributed by atoms with Crippen LogP contribution in [0.2, 0.25) is 0 Å². The molecule has 1 aromatic heterocycles. The lowest BCUT2D eigenvalue weighted by molar-refractivity contribution is 0.205. The van der Waals surface area contributed by atoms with Crippen LogP contribution in [0.4, 0.5) is 0 Å². The van der Waals surface area contributed by atoms with Gasteiger partial charge in [-0.2, -0.15) is 0 Å². The van der Waals surface area contributed by atoms with Crippen molar-refractivity contribution >= 4 is 26.8 Å². The first-order chi connectivity index (χ1) is 14.3. The van der Waals surface area contributed by atoms with Crippen LogP contribution < -0.4 is 0 Å². The van der Waals surface area contributed by atoms with E-state index in [1.807, 2.05) is 0 Å². The average molecular weight is 445 g/mol. The van der Waals surface area contributed by atoms with Crippen LogP contribution in [-0.2, 0) is 6.54 Å². The molecular formula is C26H25BrN2. The summed E-state index contributed by atoms with van der Waals surface area (Å²) in [6.45, 7) is 3.27. The zero-order valence-electron chi connectivity index (χ0n) is 16.4. The molecule has 146 valence electrons. The Balaban J connectivity index is 1.39. The second kappa shape index (κ2) is 8.17. The van der Waals surface area contributed by atoms with E-state index in [-0.39, 0.29) is 0 Å². The minimum absolute atomic E-state index is 0.651. The van der Waals surface area contributed by atoms with Crippen LogP contribution in [0.3, 0.4) is 0 Å². The molecule has 1 N–H and O–H groups in total. The Kier molecular flexibility index (Phi) is 5.26. The van der Waals surface area contributed by atoms with Crippen molar-refractivity contribution in [1.82, 2.24) is 9.88 Å². The van der Waals surface area contributed by atoms with Gasteiger partial charge in [0.15, 0.2) is 0 Å². The van der Waals surface area contributed by atoms with Gasteiger partial charge in [-0.25, -0.2) is 0 Å². The van der Waals surface area contributed by atoms with Crippen LogP contribution in [0, 0.1) is 0 Å². The number of para-hydroxylation sites is 1. The number of rotatable bonds is 4. The molecule has 0 spiro atoms. The molecule has 5 rings (SSSR count). The van der Waals surface area contributed by atoms with Gasteiger partial charge in [-0.1, -0.05) is 82.7 Å². The Labute approximate surface area is 180 Å². The van der Waals surface area contributed by atoms with E-state index < -0.39 is 0 Å². The molecule has 0 aliphatic carbocycles. The van der Waals surface area contributed by atoms with Gasteiger partial charge in [0.1, 0.15) is 0 Å². The second-order valence-corrected chi connectivity index (χ2v) is 8.82. The minimum atomic E-state index is 0.651. The number of fused-ring (bicyclic) bond motifs is 1. The highest BCUT2D eigenvalue weighted by Gasteiger charge is 2.24. The third kappa shape index (κ3) is 3.77. The standard InChI is InChI=1S/C26H25BrN2/c27-24-12-6-4-10-21(24)19-14-16-29(17-15-19)18-23-22-11-5-7-13-25(22)28-26(23)20-8-2-1-3-9-20/h1-13,19,28H,14-18H2. The molecule has 0 unspecified atom stereocenters. The van der Waals surface area contributed by atoms with Crippen LogP contribution in [-0.4, -0.2) is 23.0 Å². The molecule has 4 aromatic rings. The maximum atomic E-state index is 3.74. The number of piperidine rings is 1. The highest BCUT2D eigenvalue weighted by Crippen LogP contribution is 2.35. The van der Waals surface area contributed by atoms with Crippen molar-refractivity contribution in [2.24, 2.45) is 0 Å². The van der Waals surface area contributed by atoms with Gasteiger partial charge in [-0.3, -0.25) is 4.90 Å². The monoisotopic (exact) mass is 444 g/mol. The first-order valence-corrected chi connectivity index (χ1v) is 11.2. The molecule has 0 radical (unpaired) electrons. The normalized spacial score (nSPS) is 15.8. The Morgan fingerprint density at radius 2 is 1.52 bits per heavy atom. The Hall–Kier alpha value is -2.36. The van der Waals surface area contributed by atoms with Gasteiger partial charge in [0, 0.05) is 21.9 Å². The number of nitrogens with one attached hydrogen (secondary N) is 1. The van der Waals surface area contributed by atoms with Crippen molar-refractivity contribution in [3.05, 3.63) is 94.5 Å². The van der Waals surface area contributed by atoms with Crippen LogP contribution in [0.5, 0.6) is 0 Å². The second-order valence-electron chi connectivity index (χ2n) is 7.96. The van der Waals surface area contributed by atoms with Crippen molar-refractivity contribution in [2.75, 3.05) is 13.1 Å². The number of likely N-dealkylation sites (tertiary alicyclic amines) is 1. The summed E-state index contributed by atoms with van der Waals surface area (Å²) in [5, 5.41) is 1.35. The summed E-state index contributed by atoms with van der Waals surface area (Å²) in [7, 11) is 0. The zero-order valence-corrected chi connectivity index (χ0v) is 18.0. The van der Waals surface area contributed by atoms with Gasteiger partial charge in [0.2, 0.25) is 0 Å². The number of benzene rings is 3. The lowest BCUT2D eigenvalue weighted by Gasteiger charge is -2.32. The van der Waals surface area contributed by atoms with E-state index in [4.69, 9.17) is 0 Å². The van der Waals surface area contributed by atoms with Crippen LogP contribution >= 0.6 is 15.9 Å². The van der Waals surface area contributed by atoms with E-state index in [0.29, 0.717) is 5.92 Å². The first kappa shape index (κ1) is 18.7. The predicted molar refractivity (Wildman–Crippen MR) is 125 cm³/mol. The molecule has 3 heteroatoms. The Morgan fingerprint density at radius 1 is 0.828 bits per heavy atom. The molecule has 0 amide bonds. The van der Waals surface area contributed by atoms with Crippen molar-refractivity contribution in [1.29, 1.82) is 0 Å². The number of aromatic nitrogens is 1. The molecular weight excluding hydrogens is 420 g/mol. The van der Waals surface area contributed by atoms with Gasteiger partial charge in [-0.05, 0) is 60.7 Å². The third-order valence-electron chi connectivity index (χ3n) is 6.19. The number of hydrogen-bond acceptors (Lipinski definition) is 1. The molecule has 0 saturated carbocycles. The number of nitrogens with zero attached hydrogens (tertiary/aromatic N) is 1. The van der Waals surface area contributed by atoms with Gasteiger partial charge in [-0.15, -0.1) is 0 Å². The fourth-order valence-corrected chi connectivity index (χ4v) is 5.26. The number of halogens is 1. The molecule has 1 aliphatic rings. The van der Waals surface area contributed by atoms with Crippen molar-refractivity contribution in [3.8, 4) is 11.3 Å². The lowest BCUT2D eigenvalue weighted by atomic mass is 9.89. The van der Waals surface area contributed by atoms with Gasteiger partial charge in [0.05, 0.1) is 5.69 Å². The van der Waals surface area contributed by atoms with E-state index in [2.05, 4.69) is 105 Å². The smallest absolute Gasteiger partial charge is 0.0510 e. The molecule has 0 bridgehead atoms. The predicted octanol–water partition coefficient (Wildman–Crippen LogP) is 6.98. The highest BCUT2D eigenvalue weighted by molar-refractivity contribution is 9.10. The van der Waals surface area contributed by atoms with E-state index >= 15 is 0 Å². The number of hydrogen-bond donors (Lipinski definition) is 1. The fraction of sp³-hybridized carbons (Fsp3) is 0.231. The Morgan fingerprint density at radius 3 is 2.31 bits per heavy atom. The summed E-state index contributed by atoms with van der Waals surface area (Å²) in [4.78, 5) is 6.30. The molecule has 1 aliphatic heterocycles. The molecule has 1 saturated heterocycles. The quantitative estimate of drug-likeness (QED) is 0.359. The first-order valence-electron chi connectivity index (χ1n) is 10.4. The van der Waals surface area contributed by atoms with Crippen LogP contribution in [0.25, 0.3) is 22.2 Å². The summed E-state index contributed by atoms with van der Waals surface area (Å²) in [5.41, 5.74) is 6.64. The van der Waals surface area contributed by atoms with E-state index in [1.54, 1.807) is 0 Å². The van der Waals surface area contributed by atoms with Crippen molar-refractivity contribution in [3.63, 3.8) is 0 Å². The molecule has 3 aromatic carbocycles. The topological polar surface area (TPSA) is 19.0 Å². The highest BCUT2D eigenvalue weighted by atomic mass is 79.9. The minimum Gasteiger partial charge on any atom is -0.354 e. The molecule has 1 fully saturated rings. The average Bonchev–Trinajstić information content (AvgIpc) is 3.14. The van der Waals surface area contributed by atoms with Gasteiger partial charge < -0.3 is 4.98 Å². The fourth-order valence-electron chi connectivity index (χ4n) is 4.65.